The molecule has 0 N–H and O–H groups in total. The summed E-state index contributed by atoms with van der Waals surface area (Å²) >= 11 is 1.69. The highest BCUT2D eigenvalue weighted by Crippen LogP contribution is 2.25. The van der Waals surface area contributed by atoms with Crippen LogP contribution in [0, 0.1) is 0 Å². The molecule has 4 aromatic rings. The normalized spacial score (nSPS) is 14.1. The molecule has 5 nitrogen and oxygen atoms in total. The fourth-order valence-corrected chi connectivity index (χ4v) is 5.20. The molecule has 1 aromatic heterocycles. The first kappa shape index (κ1) is 23.3. The van der Waals surface area contributed by atoms with Crippen molar-refractivity contribution in [3.63, 3.8) is 0 Å². The van der Waals surface area contributed by atoms with Gasteiger partial charge >= 0.3 is 0 Å². The number of benzene rings is 3. The Morgan fingerprint density at radius 3 is 2.20 bits per heavy atom. The lowest BCUT2D eigenvalue weighted by atomic mass is 10.0. The monoisotopic (exact) mass is 483 g/mol. The molecule has 1 saturated heterocycles. The molecule has 5 rings (SSSR count). The molecule has 1 aliphatic rings. The predicted molar refractivity (Wildman–Crippen MR) is 142 cm³/mol. The second-order valence-electron chi connectivity index (χ2n) is 8.75. The third-order valence-electron chi connectivity index (χ3n) is 6.44. The Labute approximate surface area is 210 Å². The maximum atomic E-state index is 12.9. The van der Waals surface area contributed by atoms with Crippen LogP contribution in [-0.4, -0.2) is 54.0 Å². The number of thiazole rings is 1. The van der Waals surface area contributed by atoms with E-state index in [2.05, 4.69) is 46.7 Å². The van der Waals surface area contributed by atoms with Crippen molar-refractivity contribution >= 4 is 17.2 Å². The summed E-state index contributed by atoms with van der Waals surface area (Å²) < 4.78 is 5.24. The van der Waals surface area contributed by atoms with Crippen LogP contribution in [-0.2, 0) is 17.8 Å². The Bertz CT molecular complexity index is 1250. The Balaban J connectivity index is 1.11. The molecule has 6 heteroatoms. The van der Waals surface area contributed by atoms with E-state index in [0.717, 1.165) is 60.3 Å². The van der Waals surface area contributed by atoms with Gasteiger partial charge in [0.1, 0.15) is 10.8 Å². The summed E-state index contributed by atoms with van der Waals surface area (Å²) in [5.41, 5.74) is 5.52. The molecule has 0 bridgehead atoms. The van der Waals surface area contributed by atoms with Crippen LogP contribution in [0.5, 0.6) is 5.75 Å². The zero-order chi connectivity index (χ0) is 24.0. The number of carbonyl (C=O) groups is 1. The number of amides is 1. The quantitative estimate of drug-likeness (QED) is 0.354. The minimum atomic E-state index is 0.202. The van der Waals surface area contributed by atoms with Gasteiger partial charge in [0.2, 0.25) is 5.91 Å². The highest BCUT2D eigenvalue weighted by Gasteiger charge is 2.22. The predicted octanol–water partition coefficient (Wildman–Crippen LogP) is 5.37. The van der Waals surface area contributed by atoms with Gasteiger partial charge in [-0.3, -0.25) is 9.69 Å². The Morgan fingerprint density at radius 2 is 1.51 bits per heavy atom. The summed E-state index contributed by atoms with van der Waals surface area (Å²) in [6.07, 6.45) is 0.451. The number of hydrogen-bond donors (Lipinski definition) is 0. The van der Waals surface area contributed by atoms with Crippen molar-refractivity contribution in [3.8, 4) is 28.1 Å². The molecule has 0 spiro atoms. The first-order valence-electron chi connectivity index (χ1n) is 11.9. The number of carbonyl (C=O) groups excluding carboxylic acids is 1. The van der Waals surface area contributed by atoms with Crippen molar-refractivity contribution in [1.82, 2.24) is 14.8 Å². The summed E-state index contributed by atoms with van der Waals surface area (Å²) in [6.45, 7) is 4.09. The molecule has 0 atom stereocenters. The lowest BCUT2D eigenvalue weighted by Crippen LogP contribution is -2.48. The number of aromatic nitrogens is 1. The molecular formula is C29H29N3O2S. The van der Waals surface area contributed by atoms with E-state index in [1.165, 1.54) is 11.1 Å². The molecule has 0 aliphatic carbocycles. The van der Waals surface area contributed by atoms with Gasteiger partial charge < -0.3 is 9.64 Å². The van der Waals surface area contributed by atoms with E-state index < -0.39 is 0 Å². The van der Waals surface area contributed by atoms with Crippen molar-refractivity contribution in [3.05, 3.63) is 94.8 Å². The zero-order valence-electron chi connectivity index (χ0n) is 19.9. The SMILES string of the molecule is COc1ccc(-c2csc(CN3CCN(C(=O)Cc4ccc(-c5ccccc5)cc4)CC3)n2)cc1. The van der Waals surface area contributed by atoms with Gasteiger partial charge in [0.15, 0.2) is 0 Å². The largest absolute Gasteiger partial charge is 0.497 e. The van der Waals surface area contributed by atoms with Gasteiger partial charge in [-0.15, -0.1) is 11.3 Å². The third kappa shape index (κ3) is 5.78. The van der Waals surface area contributed by atoms with Crippen LogP contribution in [0.25, 0.3) is 22.4 Å². The summed E-state index contributed by atoms with van der Waals surface area (Å²) in [5, 5.41) is 3.22. The van der Waals surface area contributed by atoms with E-state index in [0.29, 0.717) is 6.42 Å². The molecule has 1 amide bonds. The van der Waals surface area contributed by atoms with Gasteiger partial charge in [0.05, 0.1) is 25.8 Å². The molecule has 0 saturated carbocycles. The standard InChI is InChI=1S/C29H29N3O2S/c1-34-26-13-11-25(12-14-26)27-21-35-28(30-27)20-31-15-17-32(18-16-31)29(33)19-22-7-9-24(10-8-22)23-5-3-2-4-6-23/h2-14,21H,15-20H2,1H3. The van der Waals surface area contributed by atoms with E-state index in [-0.39, 0.29) is 5.91 Å². The van der Waals surface area contributed by atoms with Crippen molar-refractivity contribution in [2.45, 2.75) is 13.0 Å². The van der Waals surface area contributed by atoms with E-state index >= 15 is 0 Å². The summed E-state index contributed by atoms with van der Waals surface area (Å²) in [7, 11) is 1.67. The molecule has 3 aromatic carbocycles. The van der Waals surface area contributed by atoms with Crippen LogP contribution in [0.15, 0.2) is 84.2 Å². The Hall–Kier alpha value is -3.48. The fraction of sp³-hybridized carbons (Fsp3) is 0.241. The maximum Gasteiger partial charge on any atom is 0.227 e. The molecule has 1 fully saturated rings. The number of hydrogen-bond acceptors (Lipinski definition) is 5. The molecule has 1 aliphatic heterocycles. The Morgan fingerprint density at radius 1 is 0.857 bits per heavy atom. The highest BCUT2D eigenvalue weighted by atomic mass is 32.1. The molecule has 0 radical (unpaired) electrons. The van der Waals surface area contributed by atoms with E-state index in [4.69, 9.17) is 9.72 Å². The van der Waals surface area contributed by atoms with Crippen LogP contribution in [0.2, 0.25) is 0 Å². The maximum absolute atomic E-state index is 12.9. The number of nitrogens with zero attached hydrogens (tertiary/aromatic N) is 3. The minimum Gasteiger partial charge on any atom is -0.497 e. The van der Waals surface area contributed by atoms with E-state index in [9.17, 15) is 4.79 Å². The fourth-order valence-electron chi connectivity index (χ4n) is 4.36. The lowest BCUT2D eigenvalue weighted by molar-refractivity contribution is -0.132. The van der Waals surface area contributed by atoms with E-state index in [1.54, 1.807) is 18.4 Å². The highest BCUT2D eigenvalue weighted by molar-refractivity contribution is 7.09. The van der Waals surface area contributed by atoms with Crippen LogP contribution in [0.1, 0.15) is 10.6 Å². The second kappa shape index (κ2) is 10.8. The molecule has 178 valence electrons. The molecule has 0 unspecified atom stereocenters. The van der Waals surface area contributed by atoms with Crippen molar-refractivity contribution in [1.29, 1.82) is 0 Å². The van der Waals surface area contributed by atoms with Gasteiger partial charge in [-0.25, -0.2) is 4.98 Å². The number of rotatable bonds is 7. The molecule has 2 heterocycles. The van der Waals surface area contributed by atoms with Gasteiger partial charge in [0, 0.05) is 37.1 Å². The summed E-state index contributed by atoms with van der Waals surface area (Å²) in [5.74, 6) is 1.05. The van der Waals surface area contributed by atoms with Crippen LogP contribution in [0.4, 0.5) is 0 Å². The lowest BCUT2D eigenvalue weighted by Gasteiger charge is -2.34. The summed E-state index contributed by atoms with van der Waals surface area (Å²) in [6, 6.07) is 26.6. The van der Waals surface area contributed by atoms with Crippen molar-refractivity contribution in [2.75, 3.05) is 33.3 Å². The average molecular weight is 484 g/mol. The number of ether oxygens (including phenoxy) is 1. The van der Waals surface area contributed by atoms with E-state index in [1.807, 2.05) is 47.4 Å². The smallest absolute Gasteiger partial charge is 0.227 e. The van der Waals surface area contributed by atoms with Gasteiger partial charge in [-0.05, 0) is 41.0 Å². The summed E-state index contributed by atoms with van der Waals surface area (Å²) in [4.78, 5) is 22.1. The zero-order valence-corrected chi connectivity index (χ0v) is 20.7. The first-order chi connectivity index (χ1) is 17.2. The van der Waals surface area contributed by atoms with Crippen LogP contribution >= 0.6 is 11.3 Å². The third-order valence-corrected chi connectivity index (χ3v) is 7.27. The van der Waals surface area contributed by atoms with Gasteiger partial charge in [-0.2, -0.15) is 0 Å². The van der Waals surface area contributed by atoms with Gasteiger partial charge in [-0.1, -0.05) is 54.6 Å². The molecule has 35 heavy (non-hydrogen) atoms. The van der Waals surface area contributed by atoms with Gasteiger partial charge in [0.25, 0.3) is 0 Å². The minimum absolute atomic E-state index is 0.202. The Kier molecular flexibility index (Phi) is 7.21. The molecular weight excluding hydrogens is 454 g/mol. The second-order valence-corrected chi connectivity index (χ2v) is 9.69. The topological polar surface area (TPSA) is 45.7 Å². The number of piperazine rings is 1. The average Bonchev–Trinajstić information content (AvgIpc) is 3.38. The van der Waals surface area contributed by atoms with Crippen molar-refractivity contribution in [2.24, 2.45) is 0 Å². The number of methoxy groups -OCH3 is 1. The van der Waals surface area contributed by atoms with Crippen LogP contribution in [0.3, 0.4) is 0 Å². The van der Waals surface area contributed by atoms with Crippen LogP contribution < -0.4 is 4.74 Å². The first-order valence-corrected chi connectivity index (χ1v) is 12.8. The van der Waals surface area contributed by atoms with Crippen molar-refractivity contribution < 1.29 is 9.53 Å².